The number of hydrogen-bond donors (Lipinski definition) is 2. The molecule has 0 bridgehead atoms. The third kappa shape index (κ3) is 4.01. The molecule has 1 aromatic carbocycles. The predicted octanol–water partition coefficient (Wildman–Crippen LogP) is 2.86. The normalized spacial score (nSPS) is 12.3. The van der Waals surface area contributed by atoms with Crippen LogP contribution in [0.3, 0.4) is 0 Å². The van der Waals surface area contributed by atoms with Crippen molar-refractivity contribution < 1.29 is 17.9 Å². The summed E-state index contributed by atoms with van der Waals surface area (Å²) in [7, 11) is 1.67. The molecule has 1 aromatic heterocycles. The molecule has 3 N–H and O–H groups in total. The Balaban J connectivity index is 2.25. The van der Waals surface area contributed by atoms with Crippen molar-refractivity contribution in [1.82, 2.24) is 9.88 Å². The Morgan fingerprint density at radius 3 is 2.43 bits per heavy atom. The van der Waals surface area contributed by atoms with E-state index < -0.39 is 6.36 Å². The molecule has 0 aliphatic carbocycles. The molecule has 0 aliphatic heterocycles. The van der Waals surface area contributed by atoms with E-state index in [0.29, 0.717) is 22.6 Å². The van der Waals surface area contributed by atoms with Gasteiger partial charge >= 0.3 is 6.36 Å². The van der Waals surface area contributed by atoms with Gasteiger partial charge in [-0.3, -0.25) is 0 Å². The summed E-state index contributed by atoms with van der Waals surface area (Å²) in [5.74, 6) is 2.16. The van der Waals surface area contributed by atoms with Gasteiger partial charge in [0, 0.05) is 30.7 Å². The molecule has 0 fully saturated rings. The van der Waals surface area contributed by atoms with Crippen LogP contribution in [0.4, 0.5) is 13.2 Å². The number of nitrogens with zero attached hydrogens (tertiary/aromatic N) is 1. The van der Waals surface area contributed by atoms with Crippen molar-refractivity contribution in [2.24, 2.45) is 5.73 Å². The summed E-state index contributed by atoms with van der Waals surface area (Å²) in [6, 6.07) is 7.24. The quantitative estimate of drug-likeness (QED) is 0.852. The number of alkyl halides is 3. The molecular weight excluding hydrogens is 307 g/mol. The van der Waals surface area contributed by atoms with Gasteiger partial charge in [-0.25, -0.2) is 0 Å². The maximum absolute atomic E-state index is 12.1. The lowest BCUT2D eigenvalue weighted by molar-refractivity contribution is -0.274. The second-order valence-corrected chi connectivity index (χ2v) is 4.53. The van der Waals surface area contributed by atoms with Crippen LogP contribution in [0, 0.1) is 12.3 Å². The Morgan fingerprint density at radius 2 is 1.91 bits per heavy atom. The molecule has 7 heteroatoms. The fourth-order valence-corrected chi connectivity index (χ4v) is 1.97. The van der Waals surface area contributed by atoms with E-state index in [0.717, 1.165) is 0 Å². The standard InChI is InChI=1S/C16H14F3N3O/c1-3-14(21-2)15(20)11-8-9-22(10-11)12-4-6-13(7-5-12)23-16(17,18)19/h1,4-10,21H,20H2,2H3/b15-14-. The Labute approximate surface area is 131 Å². The molecule has 0 aliphatic rings. The molecule has 0 radical (unpaired) electrons. The van der Waals surface area contributed by atoms with Gasteiger partial charge in [0.05, 0.1) is 5.70 Å². The number of halogens is 3. The number of hydrogen-bond acceptors (Lipinski definition) is 3. The van der Waals surface area contributed by atoms with Crippen LogP contribution in [0.1, 0.15) is 5.56 Å². The molecule has 4 nitrogen and oxygen atoms in total. The van der Waals surface area contributed by atoms with Gasteiger partial charge in [-0.05, 0) is 30.3 Å². The van der Waals surface area contributed by atoms with E-state index in [-0.39, 0.29) is 5.75 Å². The molecule has 0 atom stereocenters. The minimum absolute atomic E-state index is 0.280. The summed E-state index contributed by atoms with van der Waals surface area (Å²) in [5.41, 5.74) is 8.18. The van der Waals surface area contributed by atoms with Crippen molar-refractivity contribution >= 4 is 5.70 Å². The van der Waals surface area contributed by atoms with Crippen molar-refractivity contribution in [3.8, 4) is 23.8 Å². The van der Waals surface area contributed by atoms with E-state index in [2.05, 4.69) is 16.0 Å². The first-order valence-corrected chi connectivity index (χ1v) is 6.52. The Morgan fingerprint density at radius 1 is 1.26 bits per heavy atom. The van der Waals surface area contributed by atoms with Gasteiger partial charge in [0.25, 0.3) is 0 Å². The van der Waals surface area contributed by atoms with Gasteiger partial charge in [0.1, 0.15) is 11.4 Å². The molecule has 0 saturated heterocycles. The zero-order valence-electron chi connectivity index (χ0n) is 12.2. The lowest BCUT2D eigenvalue weighted by Crippen LogP contribution is -2.17. The first-order valence-electron chi connectivity index (χ1n) is 6.52. The molecule has 0 amide bonds. The summed E-state index contributed by atoms with van der Waals surface area (Å²) in [5, 5.41) is 2.81. The van der Waals surface area contributed by atoms with Crippen LogP contribution in [-0.2, 0) is 0 Å². The van der Waals surface area contributed by atoms with E-state index >= 15 is 0 Å². The van der Waals surface area contributed by atoms with E-state index in [1.165, 1.54) is 24.3 Å². The summed E-state index contributed by atoms with van der Waals surface area (Å²) in [4.78, 5) is 0. The largest absolute Gasteiger partial charge is 0.573 e. The first-order chi connectivity index (χ1) is 10.8. The molecule has 0 saturated carbocycles. The average molecular weight is 321 g/mol. The van der Waals surface area contributed by atoms with Gasteiger partial charge in [0.15, 0.2) is 0 Å². The molecule has 1 heterocycles. The number of allylic oxidation sites excluding steroid dienone is 1. The zero-order valence-corrected chi connectivity index (χ0v) is 12.2. The summed E-state index contributed by atoms with van der Waals surface area (Å²) in [6.45, 7) is 0. The number of benzene rings is 1. The first kappa shape index (κ1) is 16.4. The second kappa shape index (κ2) is 6.40. The van der Waals surface area contributed by atoms with Crippen molar-refractivity contribution in [3.63, 3.8) is 0 Å². The van der Waals surface area contributed by atoms with Gasteiger partial charge in [0.2, 0.25) is 0 Å². The van der Waals surface area contributed by atoms with Crippen molar-refractivity contribution in [3.05, 3.63) is 54.0 Å². The smallest absolute Gasteiger partial charge is 0.406 e. The third-order valence-electron chi connectivity index (χ3n) is 3.04. The zero-order chi connectivity index (χ0) is 17.0. The number of aromatic nitrogens is 1. The fraction of sp³-hybridized carbons (Fsp3) is 0.125. The van der Waals surface area contributed by atoms with Crippen LogP contribution < -0.4 is 15.8 Å². The van der Waals surface area contributed by atoms with E-state index in [1.807, 2.05) is 0 Å². The predicted molar refractivity (Wildman–Crippen MR) is 81.5 cm³/mol. The Bertz CT molecular complexity index is 752. The number of rotatable bonds is 4. The molecule has 0 spiro atoms. The molecule has 120 valence electrons. The monoisotopic (exact) mass is 321 g/mol. The highest BCUT2D eigenvalue weighted by molar-refractivity contribution is 5.69. The SMILES string of the molecule is C#C/C(NC)=C(/N)c1ccn(-c2ccc(OC(F)(F)F)cc2)c1. The maximum atomic E-state index is 12.1. The van der Waals surface area contributed by atoms with E-state index in [4.69, 9.17) is 12.2 Å². The van der Waals surface area contributed by atoms with Crippen LogP contribution >= 0.6 is 0 Å². The van der Waals surface area contributed by atoms with Gasteiger partial charge in [-0.2, -0.15) is 0 Å². The van der Waals surface area contributed by atoms with Crippen LogP contribution in [0.5, 0.6) is 5.75 Å². The van der Waals surface area contributed by atoms with Crippen LogP contribution in [0.15, 0.2) is 48.4 Å². The lowest BCUT2D eigenvalue weighted by atomic mass is 10.2. The second-order valence-electron chi connectivity index (χ2n) is 4.53. The highest BCUT2D eigenvalue weighted by Gasteiger charge is 2.30. The molecule has 0 unspecified atom stereocenters. The number of nitrogens with one attached hydrogen (secondary N) is 1. The Kier molecular flexibility index (Phi) is 4.55. The van der Waals surface area contributed by atoms with Gasteiger partial charge < -0.3 is 20.4 Å². The maximum Gasteiger partial charge on any atom is 0.573 e. The van der Waals surface area contributed by atoms with Crippen LogP contribution in [0.2, 0.25) is 0 Å². The minimum Gasteiger partial charge on any atom is -0.406 e. The van der Waals surface area contributed by atoms with Gasteiger partial charge in [-0.1, -0.05) is 5.92 Å². The van der Waals surface area contributed by atoms with E-state index in [9.17, 15) is 13.2 Å². The number of ether oxygens (including phenoxy) is 1. The summed E-state index contributed by atoms with van der Waals surface area (Å²) < 4.78 is 41.9. The van der Waals surface area contributed by atoms with Crippen molar-refractivity contribution in [2.75, 3.05) is 7.05 Å². The van der Waals surface area contributed by atoms with Crippen LogP contribution in [-0.4, -0.2) is 18.0 Å². The number of terminal acetylenes is 1. The average Bonchev–Trinajstić information content (AvgIpc) is 2.97. The fourth-order valence-electron chi connectivity index (χ4n) is 1.97. The van der Waals surface area contributed by atoms with Gasteiger partial charge in [-0.15, -0.1) is 19.6 Å². The topological polar surface area (TPSA) is 52.2 Å². The van der Waals surface area contributed by atoms with Crippen molar-refractivity contribution in [2.45, 2.75) is 6.36 Å². The molecule has 2 rings (SSSR count). The highest BCUT2D eigenvalue weighted by atomic mass is 19.4. The van der Waals surface area contributed by atoms with Crippen LogP contribution in [0.25, 0.3) is 11.4 Å². The van der Waals surface area contributed by atoms with E-state index in [1.54, 1.807) is 30.1 Å². The minimum atomic E-state index is -4.71. The summed E-state index contributed by atoms with van der Waals surface area (Å²) >= 11 is 0. The molecular formula is C16H14F3N3O. The Hall–Kier alpha value is -3.01. The molecule has 23 heavy (non-hydrogen) atoms. The molecule has 2 aromatic rings. The summed E-state index contributed by atoms with van der Waals surface area (Å²) in [6.07, 6.45) is 4.09. The highest BCUT2D eigenvalue weighted by Crippen LogP contribution is 2.24. The number of nitrogens with two attached hydrogens (primary N) is 1. The van der Waals surface area contributed by atoms with Crippen molar-refractivity contribution in [1.29, 1.82) is 0 Å². The lowest BCUT2D eigenvalue weighted by Gasteiger charge is -2.09. The third-order valence-corrected chi connectivity index (χ3v) is 3.04.